The van der Waals surface area contributed by atoms with Gasteiger partial charge in [0, 0.05) is 29.8 Å². The van der Waals surface area contributed by atoms with Crippen LogP contribution in [0.3, 0.4) is 0 Å². The van der Waals surface area contributed by atoms with Gasteiger partial charge in [-0.05, 0) is 12.1 Å². The van der Waals surface area contributed by atoms with Crippen molar-refractivity contribution in [1.82, 2.24) is 10.5 Å². The summed E-state index contributed by atoms with van der Waals surface area (Å²) in [5, 5.41) is 6.65. The van der Waals surface area contributed by atoms with Gasteiger partial charge in [-0.2, -0.15) is 0 Å². The van der Waals surface area contributed by atoms with Crippen LogP contribution >= 0.6 is 0 Å². The number of hydrogen-bond acceptors (Lipinski definition) is 5. The molecule has 0 atom stereocenters. The number of nitrogens with zero attached hydrogens (tertiary/aromatic N) is 1. The van der Waals surface area contributed by atoms with E-state index in [1.165, 1.54) is 0 Å². The van der Waals surface area contributed by atoms with Crippen LogP contribution in [0.15, 0.2) is 59.1 Å². The van der Waals surface area contributed by atoms with Gasteiger partial charge in [0.15, 0.2) is 11.5 Å². The first-order chi connectivity index (χ1) is 12.2. The lowest BCUT2D eigenvalue weighted by Crippen LogP contribution is -2.23. The van der Waals surface area contributed by atoms with Gasteiger partial charge in [0.05, 0.1) is 14.2 Å². The number of rotatable bonds is 6. The summed E-state index contributed by atoms with van der Waals surface area (Å²) in [6.07, 6.45) is 0. The van der Waals surface area contributed by atoms with Gasteiger partial charge in [-0.15, -0.1) is 0 Å². The Bertz CT molecular complexity index is 859. The molecule has 1 aromatic heterocycles. The minimum Gasteiger partial charge on any atom is -0.497 e. The molecule has 0 bridgehead atoms. The summed E-state index contributed by atoms with van der Waals surface area (Å²) < 4.78 is 15.7. The third kappa shape index (κ3) is 3.80. The fourth-order valence-corrected chi connectivity index (χ4v) is 2.38. The molecule has 2 aromatic carbocycles. The third-order valence-corrected chi connectivity index (χ3v) is 3.73. The Kier molecular flexibility index (Phi) is 4.99. The van der Waals surface area contributed by atoms with Crippen molar-refractivity contribution in [3.05, 3.63) is 65.9 Å². The molecule has 0 saturated carbocycles. The Morgan fingerprint density at radius 2 is 1.88 bits per heavy atom. The second-order valence-corrected chi connectivity index (χ2v) is 5.30. The zero-order valence-corrected chi connectivity index (χ0v) is 14.0. The normalized spacial score (nSPS) is 10.3. The van der Waals surface area contributed by atoms with Crippen LogP contribution in [0.1, 0.15) is 16.1 Å². The minimum absolute atomic E-state index is 0.228. The summed E-state index contributed by atoms with van der Waals surface area (Å²) in [5.74, 6) is 1.57. The molecule has 1 amide bonds. The number of amides is 1. The number of nitrogens with one attached hydrogen (secondary N) is 1. The fraction of sp³-hybridized carbons (Fsp3) is 0.158. The molecule has 0 radical (unpaired) electrons. The molecule has 0 aliphatic heterocycles. The van der Waals surface area contributed by atoms with E-state index in [9.17, 15) is 4.79 Å². The van der Waals surface area contributed by atoms with E-state index in [0.717, 1.165) is 11.1 Å². The molecule has 0 spiro atoms. The fourth-order valence-electron chi connectivity index (χ4n) is 2.38. The summed E-state index contributed by atoms with van der Waals surface area (Å²) in [6.45, 7) is 0.305. The van der Waals surface area contributed by atoms with Gasteiger partial charge >= 0.3 is 0 Å². The van der Waals surface area contributed by atoms with Crippen LogP contribution in [-0.2, 0) is 6.54 Å². The van der Waals surface area contributed by atoms with Crippen molar-refractivity contribution in [3.8, 4) is 22.8 Å². The van der Waals surface area contributed by atoms with Crippen LogP contribution in [0.4, 0.5) is 0 Å². The van der Waals surface area contributed by atoms with E-state index in [1.54, 1.807) is 26.4 Å². The first-order valence-electron chi connectivity index (χ1n) is 7.72. The van der Waals surface area contributed by atoms with Gasteiger partial charge in [0.2, 0.25) is 0 Å². The van der Waals surface area contributed by atoms with Crippen molar-refractivity contribution in [1.29, 1.82) is 0 Å². The Morgan fingerprint density at radius 1 is 1.08 bits per heavy atom. The van der Waals surface area contributed by atoms with Crippen LogP contribution in [0.25, 0.3) is 11.3 Å². The molecule has 0 saturated heterocycles. The number of ether oxygens (including phenoxy) is 2. The van der Waals surface area contributed by atoms with Gasteiger partial charge in [0.1, 0.15) is 11.5 Å². The van der Waals surface area contributed by atoms with Crippen molar-refractivity contribution in [2.45, 2.75) is 6.54 Å². The highest BCUT2D eigenvalue weighted by atomic mass is 16.5. The topological polar surface area (TPSA) is 73.6 Å². The van der Waals surface area contributed by atoms with Crippen LogP contribution in [0.2, 0.25) is 0 Å². The molecule has 25 heavy (non-hydrogen) atoms. The lowest BCUT2D eigenvalue weighted by atomic mass is 10.1. The summed E-state index contributed by atoms with van der Waals surface area (Å²) in [7, 11) is 3.16. The maximum absolute atomic E-state index is 12.3. The highest BCUT2D eigenvalue weighted by Gasteiger charge is 2.14. The number of carbonyl (C=O) groups excluding carboxylic acids is 1. The van der Waals surface area contributed by atoms with E-state index in [-0.39, 0.29) is 11.6 Å². The average molecular weight is 338 g/mol. The highest BCUT2D eigenvalue weighted by molar-refractivity contribution is 5.93. The van der Waals surface area contributed by atoms with Crippen molar-refractivity contribution >= 4 is 5.91 Å². The van der Waals surface area contributed by atoms with Gasteiger partial charge in [0.25, 0.3) is 5.91 Å². The van der Waals surface area contributed by atoms with E-state index in [1.807, 2.05) is 42.5 Å². The first kappa shape index (κ1) is 16.6. The molecule has 3 aromatic rings. The molecule has 0 fully saturated rings. The van der Waals surface area contributed by atoms with Crippen molar-refractivity contribution < 1.29 is 18.8 Å². The highest BCUT2D eigenvalue weighted by Crippen LogP contribution is 2.24. The zero-order chi connectivity index (χ0) is 17.6. The second-order valence-electron chi connectivity index (χ2n) is 5.30. The van der Waals surface area contributed by atoms with Crippen LogP contribution in [-0.4, -0.2) is 25.3 Å². The molecular weight excluding hydrogens is 320 g/mol. The maximum atomic E-state index is 12.3. The number of benzene rings is 2. The molecule has 1 N–H and O–H groups in total. The summed E-state index contributed by atoms with van der Waals surface area (Å²) in [6, 6.07) is 16.5. The van der Waals surface area contributed by atoms with E-state index < -0.39 is 0 Å². The van der Waals surface area contributed by atoms with Gasteiger partial charge in [-0.3, -0.25) is 4.79 Å². The predicted octanol–water partition coefficient (Wildman–Crippen LogP) is 3.29. The molecule has 3 rings (SSSR count). The van der Waals surface area contributed by atoms with E-state index in [4.69, 9.17) is 14.0 Å². The van der Waals surface area contributed by atoms with Gasteiger partial charge in [-0.25, -0.2) is 0 Å². The molecule has 0 aliphatic rings. The first-order valence-corrected chi connectivity index (χ1v) is 7.72. The van der Waals surface area contributed by atoms with Crippen LogP contribution in [0.5, 0.6) is 11.5 Å². The van der Waals surface area contributed by atoms with Gasteiger partial charge < -0.3 is 19.3 Å². The average Bonchev–Trinajstić information content (AvgIpc) is 3.17. The largest absolute Gasteiger partial charge is 0.497 e. The van der Waals surface area contributed by atoms with Crippen molar-refractivity contribution in [3.63, 3.8) is 0 Å². The quantitative estimate of drug-likeness (QED) is 0.746. The van der Waals surface area contributed by atoms with E-state index in [2.05, 4.69) is 10.5 Å². The molecule has 6 nitrogen and oxygen atoms in total. The maximum Gasteiger partial charge on any atom is 0.273 e. The lowest BCUT2D eigenvalue weighted by Gasteiger charge is -2.10. The smallest absolute Gasteiger partial charge is 0.273 e. The Morgan fingerprint density at radius 3 is 2.60 bits per heavy atom. The zero-order valence-electron chi connectivity index (χ0n) is 14.0. The number of carbonyl (C=O) groups is 1. The molecular formula is C19H18N2O4. The molecule has 6 heteroatoms. The number of hydrogen-bond donors (Lipinski definition) is 1. The SMILES string of the molecule is COc1ccc(CNC(=O)c2cc(-c3ccccc3)on2)c(OC)c1. The molecule has 128 valence electrons. The van der Waals surface area contributed by atoms with Crippen molar-refractivity contribution in [2.24, 2.45) is 0 Å². The van der Waals surface area contributed by atoms with Crippen LogP contribution < -0.4 is 14.8 Å². The molecule has 0 aliphatic carbocycles. The summed E-state index contributed by atoms with van der Waals surface area (Å²) >= 11 is 0. The number of aromatic nitrogens is 1. The summed E-state index contributed by atoms with van der Waals surface area (Å²) in [4.78, 5) is 12.3. The van der Waals surface area contributed by atoms with Crippen LogP contribution in [0, 0.1) is 0 Å². The Balaban J connectivity index is 1.68. The minimum atomic E-state index is -0.316. The second kappa shape index (κ2) is 7.53. The van der Waals surface area contributed by atoms with Gasteiger partial charge in [-0.1, -0.05) is 35.5 Å². The third-order valence-electron chi connectivity index (χ3n) is 3.73. The number of methoxy groups -OCH3 is 2. The molecule has 1 heterocycles. The van der Waals surface area contributed by atoms with E-state index >= 15 is 0 Å². The monoisotopic (exact) mass is 338 g/mol. The molecule has 0 unspecified atom stereocenters. The van der Waals surface area contributed by atoms with E-state index in [0.29, 0.717) is 23.8 Å². The lowest BCUT2D eigenvalue weighted by molar-refractivity contribution is 0.0941. The Hall–Kier alpha value is -3.28. The summed E-state index contributed by atoms with van der Waals surface area (Å²) in [5.41, 5.74) is 1.93. The predicted molar refractivity (Wildman–Crippen MR) is 92.7 cm³/mol. The van der Waals surface area contributed by atoms with Crippen molar-refractivity contribution in [2.75, 3.05) is 14.2 Å². The Labute approximate surface area is 145 Å². The standard InChI is InChI=1S/C19H18N2O4/c1-23-15-9-8-14(17(10-15)24-2)12-20-19(22)16-11-18(25-21-16)13-6-4-3-5-7-13/h3-11H,12H2,1-2H3,(H,20,22).